The van der Waals surface area contributed by atoms with Crippen LogP contribution in [0.25, 0.3) is 0 Å². The quantitative estimate of drug-likeness (QED) is 0.0261. The summed E-state index contributed by atoms with van der Waals surface area (Å²) in [5.41, 5.74) is 8.30. The van der Waals surface area contributed by atoms with Gasteiger partial charge in [0.15, 0.2) is 0 Å². The Balaban J connectivity index is 0.00000136. The van der Waals surface area contributed by atoms with Crippen LogP contribution in [0.5, 0.6) is 5.75 Å². The topological polar surface area (TPSA) is 259 Å². The van der Waals surface area contributed by atoms with Gasteiger partial charge in [0.25, 0.3) is 11.6 Å². The zero-order chi connectivity index (χ0) is 41.0. The Kier molecular flexibility index (Phi) is 18.4. The number of nitro benzene ring substituents is 1. The highest BCUT2D eigenvalue weighted by molar-refractivity contribution is 7.65. The maximum Gasteiger partial charge on any atom is 0.514 e. The fourth-order valence-corrected chi connectivity index (χ4v) is 5.28. The summed E-state index contributed by atoms with van der Waals surface area (Å²) >= 11 is 0. The van der Waals surface area contributed by atoms with Gasteiger partial charge in [0, 0.05) is 41.3 Å². The molecule has 0 fully saturated rings. The van der Waals surface area contributed by atoms with Crippen molar-refractivity contribution in [3.63, 3.8) is 0 Å². The first-order chi connectivity index (χ1) is 26.1. The minimum absolute atomic E-state index is 0.0791. The van der Waals surface area contributed by atoms with Crippen LogP contribution in [0.3, 0.4) is 0 Å². The van der Waals surface area contributed by atoms with Gasteiger partial charge in [-0.2, -0.15) is 0 Å². The van der Waals surface area contributed by atoms with E-state index in [4.69, 9.17) is 26.2 Å². The molecule has 5 amide bonds. The van der Waals surface area contributed by atoms with Gasteiger partial charge >= 0.3 is 19.7 Å². The van der Waals surface area contributed by atoms with E-state index in [2.05, 4.69) is 32.0 Å². The number of benzene rings is 3. The molecule has 0 aromatic heterocycles. The number of rotatable bonds is 17. The third kappa shape index (κ3) is 16.4. The number of carbonyl (C=O) groups is 5. The van der Waals surface area contributed by atoms with E-state index in [1.165, 1.54) is 48.5 Å². The van der Waals surface area contributed by atoms with E-state index in [1.807, 2.05) is 6.92 Å². The second-order valence-corrected chi connectivity index (χ2v) is 13.5. The van der Waals surface area contributed by atoms with Gasteiger partial charge in [0.2, 0.25) is 11.8 Å². The molecule has 0 radical (unpaired) electrons. The molecule has 0 bridgehead atoms. The van der Waals surface area contributed by atoms with Gasteiger partial charge < -0.3 is 46.1 Å². The fourth-order valence-electron chi connectivity index (χ4n) is 4.23. The maximum absolute atomic E-state index is 12.9. The van der Waals surface area contributed by atoms with Gasteiger partial charge in [-0.1, -0.05) is 32.9 Å². The predicted molar refractivity (Wildman–Crippen MR) is 204 cm³/mol. The van der Waals surface area contributed by atoms with Gasteiger partial charge in [-0.15, -0.1) is 6.42 Å². The highest BCUT2D eigenvalue weighted by Gasteiger charge is 2.25. The molecule has 19 heteroatoms. The van der Waals surface area contributed by atoms with Gasteiger partial charge in [0.05, 0.1) is 18.1 Å². The monoisotopic (exact) mass is 781 g/mol. The third-order valence-electron chi connectivity index (χ3n) is 6.96. The van der Waals surface area contributed by atoms with Gasteiger partial charge in [-0.25, -0.2) is 9.59 Å². The summed E-state index contributed by atoms with van der Waals surface area (Å²) in [4.78, 5) is 70.2. The normalized spacial score (nSPS) is 11.9. The smallest absolute Gasteiger partial charge is 0.429 e. The first-order valence-corrected chi connectivity index (χ1v) is 18.4. The lowest BCUT2D eigenvalue weighted by molar-refractivity contribution is -0.384. The van der Waals surface area contributed by atoms with E-state index in [0.29, 0.717) is 23.5 Å². The van der Waals surface area contributed by atoms with Crippen molar-refractivity contribution in [2.45, 2.75) is 46.8 Å². The maximum atomic E-state index is 12.9. The molecule has 0 saturated heterocycles. The number of primary amides is 1. The number of nitro groups is 1. The number of anilines is 2. The molecule has 0 aliphatic carbocycles. The van der Waals surface area contributed by atoms with Crippen LogP contribution in [0.4, 0.5) is 26.7 Å². The minimum Gasteiger partial charge on any atom is -0.429 e. The summed E-state index contributed by atoms with van der Waals surface area (Å²) in [5, 5.41) is 23.6. The Bertz CT molecular complexity index is 1860. The van der Waals surface area contributed by atoms with Crippen LogP contribution in [0, 0.1) is 28.1 Å². The average Bonchev–Trinajstić information content (AvgIpc) is 3.15. The second-order valence-electron chi connectivity index (χ2n) is 11.6. The van der Waals surface area contributed by atoms with E-state index in [0.717, 1.165) is 6.42 Å². The van der Waals surface area contributed by atoms with Crippen LogP contribution in [0.1, 0.15) is 50.0 Å². The number of non-ortho nitro benzene ring substituents is 1. The van der Waals surface area contributed by atoms with E-state index in [9.17, 15) is 38.7 Å². The van der Waals surface area contributed by atoms with Crippen molar-refractivity contribution in [3.05, 3.63) is 94.0 Å². The number of urea groups is 1. The molecule has 55 heavy (non-hydrogen) atoms. The molecule has 0 aliphatic rings. The van der Waals surface area contributed by atoms with Crippen LogP contribution in [-0.4, -0.2) is 60.6 Å². The van der Waals surface area contributed by atoms with Crippen LogP contribution < -0.4 is 36.8 Å². The second kappa shape index (κ2) is 22.6. The zero-order valence-electron chi connectivity index (χ0n) is 30.7. The lowest BCUT2D eigenvalue weighted by atomic mass is 10.0. The molecule has 2 atom stereocenters. The highest BCUT2D eigenvalue weighted by atomic mass is 31.2. The van der Waals surface area contributed by atoms with Gasteiger partial charge in [-0.05, 0) is 73.4 Å². The number of nitrogens with one attached hydrogen (secondary N) is 5. The van der Waals surface area contributed by atoms with Crippen LogP contribution in [-0.2, 0) is 30.0 Å². The first-order valence-electron chi connectivity index (χ1n) is 16.8. The van der Waals surface area contributed by atoms with Crippen molar-refractivity contribution in [1.82, 2.24) is 16.0 Å². The lowest BCUT2D eigenvalue weighted by Gasteiger charge is -2.22. The molecule has 3 aromatic carbocycles. The SMILES string of the molecule is C#CP(=O)(Nc1ccc(C(=O)NC(C(=O)NCC(=O)Nc2ccc(COC(=O)Oc3ccc([N+](=O)[O-])cc3)cc2)C(C)C)cc1)OCC.CCCNC(N)=O. The van der Waals surface area contributed by atoms with E-state index < -0.39 is 48.4 Å². The molecule has 0 spiro atoms. The van der Waals surface area contributed by atoms with Gasteiger partial charge in [0.1, 0.15) is 18.4 Å². The largest absolute Gasteiger partial charge is 0.514 e. The minimum atomic E-state index is -3.51. The Labute approximate surface area is 317 Å². The summed E-state index contributed by atoms with van der Waals surface area (Å²) in [6, 6.07) is 15.8. The summed E-state index contributed by atoms with van der Waals surface area (Å²) in [6.07, 6.45) is 5.23. The van der Waals surface area contributed by atoms with E-state index in [1.54, 1.807) is 45.0 Å². The Morgan fingerprint density at radius 1 is 0.927 bits per heavy atom. The summed E-state index contributed by atoms with van der Waals surface area (Å²) in [7, 11) is -3.51. The predicted octanol–water partition coefficient (Wildman–Crippen LogP) is 5.12. The molecule has 3 rings (SSSR count). The Hall–Kier alpha value is -6.44. The molecular weight excluding hydrogens is 737 g/mol. The molecule has 7 N–H and O–H groups in total. The molecule has 0 aliphatic heterocycles. The third-order valence-corrected chi connectivity index (χ3v) is 8.47. The molecule has 0 saturated carbocycles. The van der Waals surface area contributed by atoms with Gasteiger partial charge in [-0.3, -0.25) is 29.1 Å². The van der Waals surface area contributed by atoms with E-state index >= 15 is 0 Å². The number of amides is 5. The van der Waals surface area contributed by atoms with Crippen LogP contribution in [0.2, 0.25) is 0 Å². The summed E-state index contributed by atoms with van der Waals surface area (Å²) in [5.74, 6) is -1.85. The number of hydrogen-bond acceptors (Lipinski definition) is 11. The summed E-state index contributed by atoms with van der Waals surface area (Å²) < 4.78 is 27.6. The zero-order valence-corrected chi connectivity index (χ0v) is 31.6. The highest BCUT2D eigenvalue weighted by Crippen LogP contribution is 2.45. The Morgan fingerprint density at radius 2 is 1.55 bits per heavy atom. The number of nitrogens with two attached hydrogens (primary N) is 1. The number of hydrogen-bond donors (Lipinski definition) is 6. The first kappa shape index (κ1) is 44.7. The number of carbonyl (C=O) groups excluding carboxylic acids is 5. The van der Waals surface area contributed by atoms with Crippen molar-refractivity contribution in [2.75, 3.05) is 30.1 Å². The Morgan fingerprint density at radius 3 is 2.05 bits per heavy atom. The number of nitrogens with zero attached hydrogens (tertiary/aromatic N) is 1. The van der Waals surface area contributed by atoms with Crippen molar-refractivity contribution in [2.24, 2.45) is 11.7 Å². The van der Waals surface area contributed by atoms with Crippen molar-refractivity contribution in [3.8, 4) is 17.8 Å². The molecular formula is C36H44N7O11P. The average molecular weight is 782 g/mol. The summed E-state index contributed by atoms with van der Waals surface area (Å²) in [6.45, 7) is 7.42. The fraction of sp³-hybridized carbons (Fsp3) is 0.306. The molecule has 2 unspecified atom stereocenters. The molecule has 3 aromatic rings. The van der Waals surface area contributed by atoms with Crippen LogP contribution in [0.15, 0.2) is 72.8 Å². The molecule has 18 nitrogen and oxygen atoms in total. The lowest BCUT2D eigenvalue weighted by Crippen LogP contribution is -2.51. The van der Waals surface area contributed by atoms with Crippen LogP contribution >= 0.6 is 7.52 Å². The standard InChI is InChI=1S/C32H34N5O10P.C4H10N2O/c1-5-46-48(44,6-2)36-25-13-9-23(10-14-25)30(39)35-29(21(3)4)31(40)33-19-28(38)34-24-11-7-22(8-12-24)20-45-32(41)47-27-17-15-26(16-18-27)37(42)43;1-2-3-6-4(5)7/h2,7-18,21,29H,5,19-20H2,1,3-4H3,(H,33,40)(H,34,38)(H,35,39)(H,36,44);2-3H2,1H3,(H3,5,6,7). The number of ether oxygens (including phenoxy) is 2. The van der Waals surface area contributed by atoms with Crippen molar-refractivity contribution < 1.29 is 47.5 Å². The number of terminal acetylenes is 1. The molecule has 0 heterocycles. The molecule has 294 valence electrons. The van der Waals surface area contributed by atoms with Crippen molar-refractivity contribution >= 4 is 54.5 Å². The van der Waals surface area contributed by atoms with E-state index in [-0.39, 0.29) is 42.7 Å². The van der Waals surface area contributed by atoms with Crippen molar-refractivity contribution in [1.29, 1.82) is 0 Å².